The summed E-state index contributed by atoms with van der Waals surface area (Å²) in [6, 6.07) is 0. The van der Waals surface area contributed by atoms with E-state index in [1.54, 1.807) is 7.11 Å². The van der Waals surface area contributed by atoms with Gasteiger partial charge in [-0.1, -0.05) is 0 Å². The molecule has 0 bridgehead atoms. The van der Waals surface area contributed by atoms with Gasteiger partial charge in [-0.05, 0) is 35.8 Å². The van der Waals surface area contributed by atoms with Crippen LogP contribution in [0.2, 0.25) is 0 Å². The molecule has 0 aliphatic carbocycles. The third kappa shape index (κ3) is 2.01. The molecule has 0 spiro atoms. The van der Waals surface area contributed by atoms with Crippen molar-refractivity contribution < 1.29 is 4.74 Å². The maximum Gasteiger partial charge on any atom is 0.139 e. The quantitative estimate of drug-likeness (QED) is 0.895. The van der Waals surface area contributed by atoms with Crippen molar-refractivity contribution in [1.29, 1.82) is 0 Å². The molecule has 1 unspecified atom stereocenters. The Labute approximate surface area is 98.4 Å². The second kappa shape index (κ2) is 4.49. The number of hydrogen-bond donors (Lipinski definition) is 1. The lowest BCUT2D eigenvalue weighted by atomic mass is 9.99. The van der Waals surface area contributed by atoms with Crippen LogP contribution in [0.1, 0.15) is 23.6 Å². The van der Waals surface area contributed by atoms with Crippen molar-refractivity contribution in [2.24, 2.45) is 0 Å². The summed E-state index contributed by atoms with van der Waals surface area (Å²) < 4.78 is 6.30. The van der Waals surface area contributed by atoms with Crippen molar-refractivity contribution in [3.8, 4) is 5.75 Å². The Kier molecular flexibility index (Phi) is 3.26. The van der Waals surface area contributed by atoms with Gasteiger partial charge in [-0.2, -0.15) is 0 Å². The Hall–Kier alpha value is -0.610. The molecule has 82 valence electrons. The maximum absolute atomic E-state index is 5.37. The number of rotatable bonds is 2. The highest BCUT2D eigenvalue weighted by molar-refractivity contribution is 9.10. The molecule has 1 fully saturated rings. The SMILES string of the molecule is COc1c(Br)cnc(C2CCNC2)c1C. The number of nitrogens with zero attached hydrogens (tertiary/aromatic N) is 1. The van der Waals surface area contributed by atoms with Crippen LogP contribution >= 0.6 is 15.9 Å². The van der Waals surface area contributed by atoms with Crippen molar-refractivity contribution in [3.63, 3.8) is 0 Å². The zero-order chi connectivity index (χ0) is 10.8. The van der Waals surface area contributed by atoms with E-state index in [0.29, 0.717) is 5.92 Å². The fourth-order valence-electron chi connectivity index (χ4n) is 2.13. The lowest BCUT2D eigenvalue weighted by Gasteiger charge is -2.15. The van der Waals surface area contributed by atoms with Crippen LogP contribution in [0.5, 0.6) is 5.75 Å². The minimum Gasteiger partial charge on any atom is -0.495 e. The van der Waals surface area contributed by atoms with Gasteiger partial charge in [0.25, 0.3) is 0 Å². The van der Waals surface area contributed by atoms with Gasteiger partial charge in [0.1, 0.15) is 5.75 Å². The molecule has 1 saturated heterocycles. The Morgan fingerprint density at radius 2 is 2.40 bits per heavy atom. The monoisotopic (exact) mass is 270 g/mol. The molecule has 1 atom stereocenters. The minimum atomic E-state index is 0.534. The first kappa shape index (κ1) is 10.9. The van der Waals surface area contributed by atoms with Gasteiger partial charge in [0, 0.05) is 24.2 Å². The van der Waals surface area contributed by atoms with E-state index < -0.39 is 0 Å². The van der Waals surface area contributed by atoms with Gasteiger partial charge in [-0.25, -0.2) is 0 Å². The summed E-state index contributed by atoms with van der Waals surface area (Å²) in [6.07, 6.45) is 3.00. The molecule has 3 nitrogen and oxygen atoms in total. The molecule has 4 heteroatoms. The number of hydrogen-bond acceptors (Lipinski definition) is 3. The van der Waals surface area contributed by atoms with Crippen LogP contribution in [0.15, 0.2) is 10.7 Å². The van der Waals surface area contributed by atoms with Crippen LogP contribution in [-0.2, 0) is 0 Å². The zero-order valence-electron chi connectivity index (χ0n) is 9.01. The number of methoxy groups -OCH3 is 1. The molecule has 0 amide bonds. The second-order valence-corrected chi connectivity index (χ2v) is 4.69. The predicted molar refractivity (Wildman–Crippen MR) is 63.5 cm³/mol. The first-order chi connectivity index (χ1) is 7.24. The van der Waals surface area contributed by atoms with Crippen molar-refractivity contribution in [2.45, 2.75) is 19.3 Å². The Morgan fingerprint density at radius 3 is 3.00 bits per heavy atom. The van der Waals surface area contributed by atoms with Gasteiger partial charge < -0.3 is 10.1 Å². The second-order valence-electron chi connectivity index (χ2n) is 3.84. The summed E-state index contributed by atoms with van der Waals surface area (Å²) in [7, 11) is 1.70. The Balaban J connectivity index is 2.39. The van der Waals surface area contributed by atoms with Crippen LogP contribution in [0.3, 0.4) is 0 Å². The predicted octanol–water partition coefficient (Wildman–Crippen LogP) is 2.24. The van der Waals surface area contributed by atoms with E-state index >= 15 is 0 Å². The minimum absolute atomic E-state index is 0.534. The van der Waals surface area contributed by atoms with Crippen LogP contribution in [0.25, 0.3) is 0 Å². The zero-order valence-corrected chi connectivity index (χ0v) is 10.6. The van der Waals surface area contributed by atoms with E-state index in [1.807, 2.05) is 6.20 Å². The Bertz CT molecular complexity index is 362. The number of aromatic nitrogens is 1. The summed E-state index contributed by atoms with van der Waals surface area (Å²) in [4.78, 5) is 4.50. The summed E-state index contributed by atoms with van der Waals surface area (Å²) in [5.41, 5.74) is 2.32. The van der Waals surface area contributed by atoms with Gasteiger partial charge >= 0.3 is 0 Å². The molecular formula is C11H15BrN2O. The highest BCUT2D eigenvalue weighted by Gasteiger charge is 2.22. The number of pyridine rings is 1. The Morgan fingerprint density at radius 1 is 1.60 bits per heavy atom. The fourth-order valence-corrected chi connectivity index (χ4v) is 2.69. The lowest BCUT2D eigenvalue weighted by Crippen LogP contribution is -2.10. The summed E-state index contributed by atoms with van der Waals surface area (Å²) in [6.45, 7) is 4.19. The highest BCUT2D eigenvalue weighted by Crippen LogP contribution is 2.33. The van der Waals surface area contributed by atoms with Crippen molar-refractivity contribution in [1.82, 2.24) is 10.3 Å². The molecule has 15 heavy (non-hydrogen) atoms. The number of halogens is 1. The van der Waals surface area contributed by atoms with E-state index in [2.05, 4.69) is 33.2 Å². The van der Waals surface area contributed by atoms with Gasteiger partial charge in [-0.15, -0.1) is 0 Å². The summed E-state index contributed by atoms with van der Waals surface area (Å²) in [5.74, 6) is 1.44. The van der Waals surface area contributed by atoms with Crippen LogP contribution in [0.4, 0.5) is 0 Å². The van der Waals surface area contributed by atoms with E-state index in [4.69, 9.17) is 4.74 Å². The molecule has 0 saturated carbocycles. The molecule has 0 radical (unpaired) electrons. The first-order valence-corrected chi connectivity index (χ1v) is 5.93. The van der Waals surface area contributed by atoms with Crippen LogP contribution < -0.4 is 10.1 Å². The average Bonchev–Trinajstić information content (AvgIpc) is 2.71. The molecule has 2 heterocycles. The maximum atomic E-state index is 5.37. The van der Waals surface area contributed by atoms with Crippen molar-refractivity contribution in [2.75, 3.05) is 20.2 Å². The van der Waals surface area contributed by atoms with Crippen LogP contribution in [-0.4, -0.2) is 25.2 Å². The van der Waals surface area contributed by atoms with Gasteiger partial charge in [0.05, 0.1) is 17.3 Å². The first-order valence-electron chi connectivity index (χ1n) is 5.13. The average molecular weight is 271 g/mol. The number of nitrogens with one attached hydrogen (secondary N) is 1. The van der Waals surface area contributed by atoms with Gasteiger partial charge in [-0.3, -0.25) is 4.98 Å². The summed E-state index contributed by atoms with van der Waals surface area (Å²) >= 11 is 3.45. The molecule has 1 aliphatic heterocycles. The summed E-state index contributed by atoms with van der Waals surface area (Å²) in [5, 5.41) is 3.36. The van der Waals surface area contributed by atoms with E-state index in [1.165, 1.54) is 12.1 Å². The molecule has 1 aromatic rings. The molecule has 1 aromatic heterocycles. The van der Waals surface area contributed by atoms with E-state index in [-0.39, 0.29) is 0 Å². The highest BCUT2D eigenvalue weighted by atomic mass is 79.9. The van der Waals surface area contributed by atoms with Crippen molar-refractivity contribution >= 4 is 15.9 Å². The number of ether oxygens (including phenoxy) is 1. The fraction of sp³-hybridized carbons (Fsp3) is 0.545. The van der Waals surface area contributed by atoms with Gasteiger partial charge in [0.15, 0.2) is 0 Å². The molecule has 1 N–H and O–H groups in total. The standard InChI is InChI=1S/C11H15BrN2O/c1-7-10(8-3-4-13-5-8)14-6-9(12)11(7)15-2/h6,8,13H,3-5H2,1-2H3. The smallest absolute Gasteiger partial charge is 0.139 e. The molecular weight excluding hydrogens is 256 g/mol. The lowest BCUT2D eigenvalue weighted by molar-refractivity contribution is 0.406. The van der Waals surface area contributed by atoms with E-state index in [0.717, 1.165) is 28.9 Å². The van der Waals surface area contributed by atoms with Crippen molar-refractivity contribution in [3.05, 3.63) is 21.9 Å². The third-order valence-corrected chi connectivity index (χ3v) is 3.47. The van der Waals surface area contributed by atoms with Crippen LogP contribution in [0, 0.1) is 6.92 Å². The molecule has 2 rings (SSSR count). The topological polar surface area (TPSA) is 34.1 Å². The third-order valence-electron chi connectivity index (χ3n) is 2.91. The molecule has 1 aliphatic rings. The largest absolute Gasteiger partial charge is 0.495 e. The molecule has 0 aromatic carbocycles. The normalized spacial score (nSPS) is 20.6. The van der Waals surface area contributed by atoms with Gasteiger partial charge in [0.2, 0.25) is 0 Å². The van der Waals surface area contributed by atoms with E-state index in [9.17, 15) is 0 Å².